The van der Waals surface area contributed by atoms with Gasteiger partial charge in [-0.3, -0.25) is 9.78 Å². The summed E-state index contributed by atoms with van der Waals surface area (Å²) in [5.74, 6) is -0.402. The third-order valence-electron chi connectivity index (χ3n) is 5.21. The molecule has 0 saturated carbocycles. The molecule has 0 saturated heterocycles. The highest BCUT2D eigenvalue weighted by molar-refractivity contribution is 5.98. The zero-order valence-electron chi connectivity index (χ0n) is 17.0. The molecule has 6 heteroatoms. The maximum absolute atomic E-state index is 13.4. The average Bonchev–Trinajstić information content (AvgIpc) is 3.26. The molecular formula is C26H19N3O3. The van der Waals surface area contributed by atoms with E-state index in [-0.39, 0.29) is 17.5 Å². The van der Waals surface area contributed by atoms with Crippen molar-refractivity contribution in [1.29, 1.82) is 0 Å². The van der Waals surface area contributed by atoms with E-state index in [4.69, 9.17) is 4.42 Å². The molecule has 0 spiro atoms. The number of hydrogen-bond acceptors (Lipinski definition) is 5. The second kappa shape index (κ2) is 8.35. The Morgan fingerprint density at radius 1 is 0.906 bits per heavy atom. The van der Waals surface area contributed by atoms with Gasteiger partial charge < -0.3 is 14.8 Å². The smallest absolute Gasteiger partial charge is 0.236 e. The van der Waals surface area contributed by atoms with Crippen LogP contribution in [-0.2, 0) is 4.79 Å². The predicted octanol–water partition coefficient (Wildman–Crippen LogP) is 5.37. The number of nitrogens with one attached hydrogen (secondary N) is 1. The second-order valence-electron chi connectivity index (χ2n) is 7.34. The van der Waals surface area contributed by atoms with Crippen molar-refractivity contribution >= 4 is 22.7 Å². The third kappa shape index (κ3) is 3.81. The van der Waals surface area contributed by atoms with Crippen LogP contribution in [0.5, 0.6) is 5.75 Å². The first-order valence-electron chi connectivity index (χ1n) is 10.1. The monoisotopic (exact) mass is 421 g/mol. The fourth-order valence-electron chi connectivity index (χ4n) is 3.68. The molecule has 0 atom stereocenters. The van der Waals surface area contributed by atoms with Gasteiger partial charge in [0.15, 0.2) is 5.58 Å². The number of phenols is 1. The zero-order chi connectivity index (χ0) is 21.9. The van der Waals surface area contributed by atoms with Crippen LogP contribution in [0.15, 0.2) is 102 Å². The summed E-state index contributed by atoms with van der Waals surface area (Å²) in [5, 5.41) is 13.4. The summed E-state index contributed by atoms with van der Waals surface area (Å²) in [6, 6.07) is 25.8. The Hall–Kier alpha value is -4.45. The summed E-state index contributed by atoms with van der Waals surface area (Å²) in [5.41, 5.74) is 3.85. The van der Waals surface area contributed by atoms with Gasteiger partial charge >= 0.3 is 0 Å². The van der Waals surface area contributed by atoms with Crippen LogP contribution in [0.1, 0.15) is 17.0 Å². The largest absolute Gasteiger partial charge is 0.507 e. The number of hydrogen-bond donors (Lipinski definition) is 2. The van der Waals surface area contributed by atoms with Crippen LogP contribution < -0.4 is 5.32 Å². The van der Waals surface area contributed by atoms with Crippen LogP contribution in [0, 0.1) is 0 Å². The van der Waals surface area contributed by atoms with Crippen molar-refractivity contribution in [3.63, 3.8) is 0 Å². The number of nitrogens with zero attached hydrogens (tertiary/aromatic N) is 2. The van der Waals surface area contributed by atoms with Crippen molar-refractivity contribution in [2.45, 2.75) is 5.92 Å². The number of anilines is 1. The Morgan fingerprint density at radius 2 is 1.59 bits per heavy atom. The molecular weight excluding hydrogens is 402 g/mol. The molecule has 5 aromatic rings. The first-order chi connectivity index (χ1) is 15.7. The van der Waals surface area contributed by atoms with E-state index in [0.29, 0.717) is 22.4 Å². The minimum absolute atomic E-state index is 0.00480. The summed E-state index contributed by atoms with van der Waals surface area (Å²) in [6.07, 6.45) is 3.20. The topological polar surface area (TPSA) is 88.2 Å². The molecule has 2 heterocycles. The van der Waals surface area contributed by atoms with Gasteiger partial charge in [-0.1, -0.05) is 60.7 Å². The number of aromatic nitrogens is 2. The number of benzene rings is 3. The van der Waals surface area contributed by atoms with Gasteiger partial charge in [0, 0.05) is 18.0 Å². The van der Waals surface area contributed by atoms with E-state index in [9.17, 15) is 9.90 Å². The Kier molecular flexibility index (Phi) is 5.09. The Labute approximate surface area is 184 Å². The highest BCUT2D eigenvalue weighted by Crippen LogP contribution is 2.34. The molecule has 0 bridgehead atoms. The Balaban J connectivity index is 1.48. The molecule has 0 aliphatic carbocycles. The SMILES string of the molecule is O=C(Nc1ccc(O)c(-c2nc3cnccc3o2)c1)C(c1ccccc1)c1ccccc1. The van der Waals surface area contributed by atoms with Gasteiger partial charge in [-0.05, 0) is 29.3 Å². The van der Waals surface area contributed by atoms with E-state index >= 15 is 0 Å². The van der Waals surface area contributed by atoms with Gasteiger partial charge in [0.1, 0.15) is 11.3 Å². The van der Waals surface area contributed by atoms with E-state index in [1.54, 1.807) is 30.6 Å². The summed E-state index contributed by atoms with van der Waals surface area (Å²) in [4.78, 5) is 21.8. The number of fused-ring (bicyclic) bond motifs is 1. The first-order valence-corrected chi connectivity index (χ1v) is 10.1. The van der Waals surface area contributed by atoms with Gasteiger partial charge in [0.05, 0.1) is 17.7 Å². The molecule has 1 amide bonds. The minimum atomic E-state index is -0.481. The van der Waals surface area contributed by atoms with E-state index in [1.807, 2.05) is 60.7 Å². The number of oxazole rings is 1. The maximum Gasteiger partial charge on any atom is 0.236 e. The standard InChI is InChI=1S/C26H19N3O3/c30-22-12-11-19(15-20(22)26-29-21-16-27-14-13-23(21)32-26)28-25(31)24(17-7-3-1-4-8-17)18-9-5-2-6-10-18/h1-16,24,30H,(H,28,31). The maximum atomic E-state index is 13.4. The number of amides is 1. The zero-order valence-corrected chi connectivity index (χ0v) is 17.0. The van der Waals surface area contributed by atoms with Crippen molar-refractivity contribution in [2.24, 2.45) is 0 Å². The van der Waals surface area contributed by atoms with Gasteiger partial charge in [-0.2, -0.15) is 0 Å². The fourth-order valence-corrected chi connectivity index (χ4v) is 3.68. The van der Waals surface area contributed by atoms with Crippen LogP contribution in [-0.4, -0.2) is 21.0 Å². The highest BCUT2D eigenvalue weighted by Gasteiger charge is 2.23. The lowest BCUT2D eigenvalue weighted by molar-refractivity contribution is -0.116. The number of carbonyl (C=O) groups is 1. The lowest BCUT2D eigenvalue weighted by Crippen LogP contribution is -2.22. The molecule has 2 aromatic heterocycles. The molecule has 5 rings (SSSR count). The summed E-state index contributed by atoms with van der Waals surface area (Å²) < 4.78 is 5.76. The lowest BCUT2D eigenvalue weighted by atomic mass is 9.90. The molecule has 0 radical (unpaired) electrons. The van der Waals surface area contributed by atoms with E-state index in [0.717, 1.165) is 11.1 Å². The third-order valence-corrected chi connectivity index (χ3v) is 5.21. The number of rotatable bonds is 5. The normalized spacial score (nSPS) is 11.0. The molecule has 0 unspecified atom stereocenters. The van der Waals surface area contributed by atoms with Gasteiger partial charge in [-0.25, -0.2) is 4.98 Å². The van der Waals surface area contributed by atoms with Crippen LogP contribution in [0.3, 0.4) is 0 Å². The summed E-state index contributed by atoms with van der Waals surface area (Å²) >= 11 is 0. The number of pyridine rings is 1. The van der Waals surface area contributed by atoms with Crippen LogP contribution in [0.2, 0.25) is 0 Å². The molecule has 6 nitrogen and oxygen atoms in total. The fraction of sp³-hybridized carbons (Fsp3) is 0.0385. The van der Waals surface area contributed by atoms with E-state index < -0.39 is 5.92 Å². The molecule has 0 aliphatic rings. The second-order valence-corrected chi connectivity index (χ2v) is 7.34. The predicted molar refractivity (Wildman–Crippen MR) is 122 cm³/mol. The van der Waals surface area contributed by atoms with Crippen LogP contribution >= 0.6 is 0 Å². The molecule has 0 fully saturated rings. The first kappa shape index (κ1) is 19.5. The molecule has 32 heavy (non-hydrogen) atoms. The number of carbonyl (C=O) groups excluding carboxylic acids is 1. The Bertz CT molecular complexity index is 1310. The molecule has 0 aliphatic heterocycles. The van der Waals surface area contributed by atoms with E-state index in [2.05, 4.69) is 15.3 Å². The van der Waals surface area contributed by atoms with Crippen molar-refractivity contribution in [3.8, 4) is 17.2 Å². The van der Waals surface area contributed by atoms with Crippen molar-refractivity contribution in [2.75, 3.05) is 5.32 Å². The molecule has 2 N–H and O–H groups in total. The van der Waals surface area contributed by atoms with Crippen molar-refractivity contribution in [3.05, 3.63) is 108 Å². The lowest BCUT2D eigenvalue weighted by Gasteiger charge is -2.18. The van der Waals surface area contributed by atoms with Crippen LogP contribution in [0.25, 0.3) is 22.6 Å². The summed E-state index contributed by atoms with van der Waals surface area (Å²) in [7, 11) is 0. The Morgan fingerprint density at radius 3 is 2.25 bits per heavy atom. The van der Waals surface area contributed by atoms with Gasteiger partial charge in [0.25, 0.3) is 0 Å². The van der Waals surface area contributed by atoms with Gasteiger partial charge in [0.2, 0.25) is 11.8 Å². The average molecular weight is 421 g/mol. The van der Waals surface area contributed by atoms with Crippen LogP contribution in [0.4, 0.5) is 5.69 Å². The van der Waals surface area contributed by atoms with Gasteiger partial charge in [-0.15, -0.1) is 0 Å². The molecule has 156 valence electrons. The highest BCUT2D eigenvalue weighted by atomic mass is 16.3. The molecule has 3 aromatic carbocycles. The van der Waals surface area contributed by atoms with E-state index in [1.165, 1.54) is 6.07 Å². The minimum Gasteiger partial charge on any atom is -0.507 e. The number of aromatic hydroxyl groups is 1. The van der Waals surface area contributed by atoms with Crippen molar-refractivity contribution in [1.82, 2.24) is 9.97 Å². The quantitative estimate of drug-likeness (QED) is 0.373. The summed E-state index contributed by atoms with van der Waals surface area (Å²) in [6.45, 7) is 0. The van der Waals surface area contributed by atoms with Crippen molar-refractivity contribution < 1.29 is 14.3 Å². The number of phenolic OH excluding ortho intramolecular Hbond substituents is 1.